The van der Waals surface area contributed by atoms with Crippen molar-refractivity contribution < 1.29 is 34.4 Å². The summed E-state index contributed by atoms with van der Waals surface area (Å²) in [5.41, 5.74) is 0. The zero-order valence-corrected chi connectivity index (χ0v) is 33.7. The number of esters is 2. The maximum Gasteiger partial charge on any atom is 0.305 e. The van der Waals surface area contributed by atoms with Crippen LogP contribution in [0.4, 0.5) is 0 Å². The predicted molar refractivity (Wildman–Crippen MR) is 222 cm³/mol. The second-order valence-corrected chi connectivity index (χ2v) is 14.1. The number of aliphatic hydroxyl groups excluding tert-OH is 3. The highest BCUT2D eigenvalue weighted by atomic mass is 16.6. The lowest BCUT2D eigenvalue weighted by atomic mass is 10.0. The fraction of sp³-hybridized carbons (Fsp3) is 0.696. The number of rotatable bonds is 37. The van der Waals surface area contributed by atoms with E-state index in [1.54, 1.807) is 24.3 Å². The summed E-state index contributed by atoms with van der Waals surface area (Å²) in [5.74, 6) is -0.742. The van der Waals surface area contributed by atoms with Gasteiger partial charge in [-0.3, -0.25) is 9.59 Å². The Morgan fingerprint density at radius 2 is 0.981 bits per heavy atom. The lowest BCUT2D eigenvalue weighted by Gasteiger charge is -2.12. The SMILES string of the molecule is CC/C=C\C[C@@H](O)/C=C/C=C\C/C=C\C=C\[C@@H](O)/C=C\CCCC(=O)OC[C@@H](O)COC(=O)CCCCCCCCCCCCCCCCCCCC. The largest absolute Gasteiger partial charge is 0.463 e. The molecule has 0 heterocycles. The van der Waals surface area contributed by atoms with Gasteiger partial charge in [0.15, 0.2) is 0 Å². The van der Waals surface area contributed by atoms with Crippen LogP contribution in [0.25, 0.3) is 0 Å². The summed E-state index contributed by atoms with van der Waals surface area (Å²) in [4.78, 5) is 24.0. The van der Waals surface area contributed by atoms with E-state index in [-0.39, 0.29) is 25.6 Å². The number of hydrogen-bond acceptors (Lipinski definition) is 7. The number of allylic oxidation sites excluding steroid dienone is 8. The summed E-state index contributed by atoms with van der Waals surface area (Å²) in [6.07, 6.45) is 47.5. The summed E-state index contributed by atoms with van der Waals surface area (Å²) in [5, 5.41) is 29.9. The van der Waals surface area contributed by atoms with Gasteiger partial charge in [-0.15, -0.1) is 0 Å². The van der Waals surface area contributed by atoms with E-state index in [2.05, 4.69) is 13.8 Å². The molecule has 0 saturated heterocycles. The van der Waals surface area contributed by atoms with Crippen molar-refractivity contribution in [2.75, 3.05) is 13.2 Å². The number of carbonyl (C=O) groups is 2. The molecule has 0 aliphatic rings. The van der Waals surface area contributed by atoms with E-state index in [4.69, 9.17) is 9.47 Å². The van der Waals surface area contributed by atoms with Crippen LogP contribution in [0, 0.1) is 0 Å². The second-order valence-electron chi connectivity index (χ2n) is 14.1. The highest BCUT2D eigenvalue weighted by Crippen LogP contribution is 2.15. The number of carbonyl (C=O) groups excluding carboxylic acids is 2. The van der Waals surface area contributed by atoms with Crippen LogP contribution in [0.15, 0.2) is 72.9 Å². The fourth-order valence-corrected chi connectivity index (χ4v) is 5.65. The van der Waals surface area contributed by atoms with Gasteiger partial charge in [0.2, 0.25) is 0 Å². The summed E-state index contributed by atoms with van der Waals surface area (Å²) < 4.78 is 10.3. The number of unbranched alkanes of at least 4 members (excludes halogenated alkanes) is 18. The Hall–Kier alpha value is -2.74. The van der Waals surface area contributed by atoms with Gasteiger partial charge in [0.05, 0.1) is 12.2 Å². The molecule has 0 saturated carbocycles. The monoisotopic (exact) mass is 743 g/mol. The van der Waals surface area contributed by atoms with Crippen molar-refractivity contribution in [2.24, 2.45) is 0 Å². The quantitative estimate of drug-likeness (QED) is 0.0251. The molecule has 3 atom stereocenters. The lowest BCUT2D eigenvalue weighted by molar-refractivity contribution is -0.152. The van der Waals surface area contributed by atoms with Gasteiger partial charge < -0.3 is 24.8 Å². The third-order valence-electron chi connectivity index (χ3n) is 8.88. The van der Waals surface area contributed by atoms with Crippen LogP contribution in [0.5, 0.6) is 0 Å². The minimum Gasteiger partial charge on any atom is -0.463 e. The smallest absolute Gasteiger partial charge is 0.305 e. The van der Waals surface area contributed by atoms with Gasteiger partial charge in [0.25, 0.3) is 0 Å². The molecule has 0 aromatic carbocycles. The van der Waals surface area contributed by atoms with Crippen molar-refractivity contribution in [2.45, 2.75) is 193 Å². The molecule has 7 nitrogen and oxygen atoms in total. The fourth-order valence-electron chi connectivity index (χ4n) is 5.65. The molecule has 3 N–H and O–H groups in total. The van der Waals surface area contributed by atoms with E-state index >= 15 is 0 Å². The first-order chi connectivity index (χ1) is 25.9. The van der Waals surface area contributed by atoms with Crippen molar-refractivity contribution in [1.29, 1.82) is 0 Å². The molecular formula is C46H78O7. The van der Waals surface area contributed by atoms with Gasteiger partial charge in [-0.2, -0.15) is 0 Å². The molecule has 0 radical (unpaired) electrons. The first-order valence-corrected chi connectivity index (χ1v) is 21.2. The summed E-state index contributed by atoms with van der Waals surface area (Å²) in [6, 6.07) is 0. The van der Waals surface area contributed by atoms with Gasteiger partial charge in [-0.05, 0) is 38.5 Å². The molecule has 0 fully saturated rings. The zero-order valence-electron chi connectivity index (χ0n) is 33.7. The Bertz CT molecular complexity index is 1010. The molecule has 7 heteroatoms. The van der Waals surface area contributed by atoms with Gasteiger partial charge in [0, 0.05) is 12.8 Å². The van der Waals surface area contributed by atoms with Gasteiger partial charge in [-0.25, -0.2) is 0 Å². The number of aliphatic hydroxyl groups is 3. The number of ether oxygens (including phenoxy) is 2. The molecule has 0 rings (SSSR count). The summed E-state index contributed by atoms with van der Waals surface area (Å²) >= 11 is 0. The minimum absolute atomic E-state index is 0.176. The molecule has 0 aromatic rings. The van der Waals surface area contributed by atoms with E-state index < -0.39 is 24.3 Å². The van der Waals surface area contributed by atoms with Crippen LogP contribution >= 0.6 is 0 Å². The number of hydrogen-bond donors (Lipinski definition) is 3. The van der Waals surface area contributed by atoms with Gasteiger partial charge >= 0.3 is 11.9 Å². The molecule has 0 spiro atoms. The van der Waals surface area contributed by atoms with E-state index in [9.17, 15) is 24.9 Å². The van der Waals surface area contributed by atoms with E-state index in [0.717, 1.165) is 32.1 Å². The first-order valence-electron chi connectivity index (χ1n) is 21.2. The summed E-state index contributed by atoms with van der Waals surface area (Å²) in [6.45, 7) is 3.96. The van der Waals surface area contributed by atoms with E-state index in [0.29, 0.717) is 25.7 Å². The highest BCUT2D eigenvalue weighted by molar-refractivity contribution is 5.69. The maximum atomic E-state index is 12.0. The molecule has 0 aromatic heterocycles. The van der Waals surface area contributed by atoms with Gasteiger partial charge in [-0.1, -0.05) is 196 Å². The van der Waals surface area contributed by atoms with Crippen molar-refractivity contribution >= 4 is 11.9 Å². The average molecular weight is 743 g/mol. The van der Waals surface area contributed by atoms with Crippen LogP contribution in [-0.2, 0) is 19.1 Å². The predicted octanol–water partition coefficient (Wildman–Crippen LogP) is 11.3. The van der Waals surface area contributed by atoms with Crippen LogP contribution in [0.2, 0.25) is 0 Å². The third kappa shape index (κ3) is 40.3. The Morgan fingerprint density at radius 1 is 0.509 bits per heavy atom. The molecule has 0 unspecified atom stereocenters. The van der Waals surface area contributed by atoms with Crippen LogP contribution < -0.4 is 0 Å². The van der Waals surface area contributed by atoms with Crippen molar-refractivity contribution in [3.8, 4) is 0 Å². The normalized spacial score (nSPS) is 14.1. The minimum atomic E-state index is -1.04. The van der Waals surface area contributed by atoms with Crippen molar-refractivity contribution in [3.63, 3.8) is 0 Å². The molecule has 0 aliphatic carbocycles. The Balaban J connectivity index is 3.67. The summed E-state index contributed by atoms with van der Waals surface area (Å²) in [7, 11) is 0. The van der Waals surface area contributed by atoms with E-state index in [1.165, 1.54) is 96.3 Å². The van der Waals surface area contributed by atoms with E-state index in [1.807, 2.05) is 48.6 Å². The second kappa shape index (κ2) is 40.4. The average Bonchev–Trinajstić information content (AvgIpc) is 3.15. The standard InChI is InChI=1S/C46H78O7/c1-3-5-7-8-9-10-11-12-13-14-15-16-17-18-19-23-26-32-38-45(50)52-40-44(49)41-53-46(51)39-33-27-31-37-43(48)36-30-25-22-20-21-24-29-35-42(47)34-28-6-4-2/h6,21-22,24-25,28-31,35-37,42-44,47-49H,3-5,7-20,23,26-27,32-34,38-41H2,1-2H3/b24-21-,25-22-,28-6-,35-29+,36-30+,37-31-/t42-,43-,44+/m1/s1. The van der Waals surface area contributed by atoms with Crippen LogP contribution in [-0.4, -0.2) is 58.8 Å². The van der Waals surface area contributed by atoms with Gasteiger partial charge in [0.1, 0.15) is 19.3 Å². The maximum absolute atomic E-state index is 12.0. The van der Waals surface area contributed by atoms with Crippen molar-refractivity contribution in [1.82, 2.24) is 0 Å². The first kappa shape index (κ1) is 50.3. The molecular weight excluding hydrogens is 664 g/mol. The molecule has 0 aliphatic heterocycles. The van der Waals surface area contributed by atoms with Crippen LogP contribution in [0.1, 0.15) is 174 Å². The molecule has 0 amide bonds. The molecule has 304 valence electrons. The Labute approximate surface area is 324 Å². The lowest BCUT2D eigenvalue weighted by Crippen LogP contribution is -2.25. The Morgan fingerprint density at radius 3 is 1.49 bits per heavy atom. The molecule has 53 heavy (non-hydrogen) atoms. The topological polar surface area (TPSA) is 113 Å². The highest BCUT2D eigenvalue weighted by Gasteiger charge is 2.12. The third-order valence-corrected chi connectivity index (χ3v) is 8.88. The molecule has 0 bridgehead atoms. The Kier molecular flexibility index (Phi) is 38.4. The van der Waals surface area contributed by atoms with Crippen molar-refractivity contribution in [3.05, 3.63) is 72.9 Å². The van der Waals surface area contributed by atoms with Crippen LogP contribution in [0.3, 0.4) is 0 Å². The zero-order chi connectivity index (χ0) is 38.9.